The first-order valence-electron chi connectivity index (χ1n) is 14.3. The maximum atomic E-state index is 2.53. The van der Waals surface area contributed by atoms with Gasteiger partial charge in [-0.3, -0.25) is 0 Å². The standard InChI is InChI=1S/C35H42P/c1-4-7-22-36(23-8-5-2,24-9-6-3)26-27-12-10-15-31(25-27)32-20-18-30-17-16-28-13-11-14-29-19-21-33(32)35(30)34(28)29/h10-21,25H,4-9,22-24,26H2,1-3H3/q+1. The molecule has 0 N–H and O–H groups in total. The van der Waals surface area contributed by atoms with Gasteiger partial charge < -0.3 is 0 Å². The van der Waals surface area contributed by atoms with Crippen LogP contribution in [0.1, 0.15) is 64.9 Å². The molecule has 0 atom stereocenters. The van der Waals surface area contributed by atoms with Crippen molar-refractivity contribution in [2.75, 3.05) is 18.5 Å². The Labute approximate surface area is 218 Å². The molecule has 0 saturated carbocycles. The molecule has 0 spiro atoms. The number of hydrogen-bond donors (Lipinski definition) is 0. The second kappa shape index (κ2) is 11.3. The molecular weight excluding hydrogens is 451 g/mol. The van der Waals surface area contributed by atoms with Crippen LogP contribution in [0.2, 0.25) is 0 Å². The summed E-state index contributed by atoms with van der Waals surface area (Å²) >= 11 is 0. The number of unbranched alkanes of at least 4 members (excludes halogenated alkanes) is 3. The third-order valence-electron chi connectivity index (χ3n) is 8.24. The molecule has 0 fully saturated rings. The van der Waals surface area contributed by atoms with Crippen molar-refractivity contribution in [2.45, 2.75) is 65.5 Å². The van der Waals surface area contributed by atoms with E-state index in [2.05, 4.69) is 99.6 Å². The van der Waals surface area contributed by atoms with Crippen molar-refractivity contribution in [2.24, 2.45) is 0 Å². The van der Waals surface area contributed by atoms with Gasteiger partial charge in [-0.2, -0.15) is 0 Å². The second-order valence-corrected chi connectivity index (χ2v) is 15.2. The summed E-state index contributed by atoms with van der Waals surface area (Å²) in [6.45, 7) is 7.09. The summed E-state index contributed by atoms with van der Waals surface area (Å²) in [5.41, 5.74) is 4.32. The summed E-state index contributed by atoms with van der Waals surface area (Å²) in [6.07, 6.45) is 13.9. The summed E-state index contributed by atoms with van der Waals surface area (Å²) in [7, 11) is -0.974. The largest absolute Gasteiger partial charge is 0.0843 e. The van der Waals surface area contributed by atoms with Gasteiger partial charge in [0.05, 0.1) is 24.6 Å². The van der Waals surface area contributed by atoms with Gasteiger partial charge in [0.15, 0.2) is 0 Å². The molecule has 0 unspecified atom stereocenters. The Hall–Kier alpha value is -2.43. The topological polar surface area (TPSA) is 0 Å². The highest BCUT2D eigenvalue weighted by molar-refractivity contribution is 7.75. The van der Waals surface area contributed by atoms with Gasteiger partial charge >= 0.3 is 0 Å². The first kappa shape index (κ1) is 25.2. The lowest BCUT2D eigenvalue weighted by Gasteiger charge is -2.28. The molecule has 0 bridgehead atoms. The van der Waals surface area contributed by atoms with Gasteiger partial charge in [0.25, 0.3) is 0 Å². The number of rotatable bonds is 12. The van der Waals surface area contributed by atoms with E-state index in [4.69, 9.17) is 0 Å². The molecule has 0 aliphatic heterocycles. The second-order valence-electron chi connectivity index (χ2n) is 10.9. The fraction of sp³-hybridized carbons (Fsp3) is 0.371. The molecule has 0 radical (unpaired) electrons. The highest BCUT2D eigenvalue weighted by Gasteiger charge is 2.35. The van der Waals surface area contributed by atoms with E-state index in [1.807, 2.05) is 0 Å². The van der Waals surface area contributed by atoms with Gasteiger partial charge in [-0.15, -0.1) is 0 Å². The van der Waals surface area contributed by atoms with Crippen LogP contribution >= 0.6 is 7.26 Å². The van der Waals surface area contributed by atoms with Crippen molar-refractivity contribution in [1.29, 1.82) is 0 Å². The lowest BCUT2D eigenvalue weighted by Crippen LogP contribution is -2.11. The molecule has 1 heteroatoms. The van der Waals surface area contributed by atoms with E-state index in [1.165, 1.54) is 107 Å². The fourth-order valence-corrected chi connectivity index (χ4v) is 11.3. The maximum absolute atomic E-state index is 2.53. The van der Waals surface area contributed by atoms with Gasteiger partial charge in [-0.1, -0.05) is 113 Å². The zero-order valence-electron chi connectivity index (χ0n) is 22.5. The van der Waals surface area contributed by atoms with Crippen LogP contribution in [0.15, 0.2) is 78.9 Å². The summed E-state index contributed by atoms with van der Waals surface area (Å²) in [5, 5.41) is 8.25. The first-order chi connectivity index (χ1) is 17.7. The van der Waals surface area contributed by atoms with E-state index in [0.717, 1.165) is 0 Å². The normalized spacial score (nSPS) is 12.3. The van der Waals surface area contributed by atoms with Crippen LogP contribution in [-0.2, 0) is 6.16 Å². The van der Waals surface area contributed by atoms with Crippen LogP contribution < -0.4 is 0 Å². The first-order valence-corrected chi connectivity index (χ1v) is 16.8. The summed E-state index contributed by atoms with van der Waals surface area (Å²) in [4.78, 5) is 0. The predicted molar refractivity (Wildman–Crippen MR) is 166 cm³/mol. The van der Waals surface area contributed by atoms with E-state index in [-0.39, 0.29) is 0 Å². The molecule has 0 aliphatic carbocycles. The lowest BCUT2D eigenvalue weighted by atomic mass is 9.89. The third-order valence-corrected chi connectivity index (χ3v) is 13.1. The van der Waals surface area contributed by atoms with Crippen LogP contribution in [0.4, 0.5) is 0 Å². The molecule has 0 saturated heterocycles. The average molecular weight is 494 g/mol. The fourth-order valence-electron chi connectivity index (χ4n) is 6.26. The molecule has 186 valence electrons. The Morgan fingerprint density at radius 1 is 0.556 bits per heavy atom. The number of hydrogen-bond acceptors (Lipinski definition) is 0. The van der Waals surface area contributed by atoms with Crippen molar-refractivity contribution in [3.63, 3.8) is 0 Å². The van der Waals surface area contributed by atoms with E-state index < -0.39 is 7.26 Å². The van der Waals surface area contributed by atoms with Crippen molar-refractivity contribution >= 4 is 39.6 Å². The zero-order valence-corrected chi connectivity index (χ0v) is 23.4. The highest BCUT2D eigenvalue weighted by atomic mass is 31.2. The average Bonchev–Trinajstić information content (AvgIpc) is 2.92. The molecule has 5 rings (SSSR count). The van der Waals surface area contributed by atoms with Crippen LogP contribution in [0.5, 0.6) is 0 Å². The monoisotopic (exact) mass is 493 g/mol. The van der Waals surface area contributed by atoms with Crippen molar-refractivity contribution in [1.82, 2.24) is 0 Å². The van der Waals surface area contributed by atoms with Crippen molar-refractivity contribution in [3.05, 3.63) is 84.4 Å². The summed E-state index contributed by atoms with van der Waals surface area (Å²) in [6, 6.07) is 30.2. The Morgan fingerprint density at radius 2 is 1.11 bits per heavy atom. The Bertz CT molecular complexity index is 1390. The van der Waals surface area contributed by atoms with Crippen LogP contribution in [-0.4, -0.2) is 18.5 Å². The minimum absolute atomic E-state index is 0.974. The van der Waals surface area contributed by atoms with E-state index in [9.17, 15) is 0 Å². The summed E-state index contributed by atoms with van der Waals surface area (Å²) in [5.74, 6) is 0. The van der Waals surface area contributed by atoms with E-state index >= 15 is 0 Å². The van der Waals surface area contributed by atoms with Gasteiger partial charge in [0.1, 0.15) is 0 Å². The molecule has 0 heterocycles. The Morgan fingerprint density at radius 3 is 1.75 bits per heavy atom. The molecule has 0 aromatic heterocycles. The SMILES string of the molecule is CCCC[P+](CCCC)(CCCC)Cc1cccc(-c2ccc3ccc4cccc5ccc2c3c45)c1. The highest BCUT2D eigenvalue weighted by Crippen LogP contribution is 2.63. The smallest absolute Gasteiger partial charge is 0.0652 e. The van der Waals surface area contributed by atoms with Crippen LogP contribution in [0.3, 0.4) is 0 Å². The Kier molecular flexibility index (Phi) is 7.93. The van der Waals surface area contributed by atoms with Crippen LogP contribution in [0.25, 0.3) is 43.4 Å². The Balaban J connectivity index is 1.56. The zero-order chi connectivity index (χ0) is 25.0. The molecule has 0 amide bonds. The quantitative estimate of drug-likeness (QED) is 0.120. The minimum Gasteiger partial charge on any atom is -0.0652 e. The van der Waals surface area contributed by atoms with Gasteiger partial charge in [-0.25, -0.2) is 0 Å². The molecule has 5 aromatic rings. The van der Waals surface area contributed by atoms with Gasteiger partial charge in [0, 0.05) is 7.26 Å². The molecule has 5 aromatic carbocycles. The molecule has 0 aliphatic rings. The number of benzene rings is 5. The van der Waals surface area contributed by atoms with Crippen molar-refractivity contribution < 1.29 is 0 Å². The van der Waals surface area contributed by atoms with E-state index in [0.29, 0.717) is 0 Å². The third kappa shape index (κ3) is 5.03. The van der Waals surface area contributed by atoms with E-state index in [1.54, 1.807) is 5.56 Å². The summed E-state index contributed by atoms with van der Waals surface area (Å²) < 4.78 is 0. The molecule has 0 nitrogen and oxygen atoms in total. The molecule has 36 heavy (non-hydrogen) atoms. The lowest BCUT2D eigenvalue weighted by molar-refractivity contribution is 0.832. The maximum Gasteiger partial charge on any atom is 0.0843 e. The molecular formula is C35H42P+. The van der Waals surface area contributed by atoms with Crippen LogP contribution in [0, 0.1) is 0 Å². The predicted octanol–water partition coefficient (Wildman–Crippen LogP) is 11.2. The van der Waals surface area contributed by atoms with Gasteiger partial charge in [-0.05, 0) is 74.3 Å². The van der Waals surface area contributed by atoms with Crippen molar-refractivity contribution in [3.8, 4) is 11.1 Å². The van der Waals surface area contributed by atoms with Gasteiger partial charge in [0.2, 0.25) is 0 Å². The minimum atomic E-state index is -0.974.